The third-order valence-electron chi connectivity index (χ3n) is 2.92. The van der Waals surface area contributed by atoms with Gasteiger partial charge in [-0.1, -0.05) is 11.8 Å². The van der Waals surface area contributed by atoms with Crippen LogP contribution in [-0.4, -0.2) is 35.8 Å². The summed E-state index contributed by atoms with van der Waals surface area (Å²) in [6, 6.07) is 3.42. The van der Waals surface area contributed by atoms with Gasteiger partial charge < -0.3 is 15.2 Å². The van der Waals surface area contributed by atoms with Crippen LogP contribution in [0.15, 0.2) is 18.3 Å². The second-order valence-corrected chi connectivity index (χ2v) is 4.27. The van der Waals surface area contributed by atoms with Crippen molar-refractivity contribution in [2.24, 2.45) is 5.92 Å². The number of carbonyl (C=O) groups excluding carboxylic acids is 1. The molecule has 1 aromatic rings. The molecule has 1 aliphatic heterocycles. The number of amides is 1. The molecule has 0 radical (unpaired) electrons. The van der Waals surface area contributed by atoms with E-state index in [4.69, 9.17) is 9.84 Å². The van der Waals surface area contributed by atoms with Gasteiger partial charge in [-0.05, 0) is 25.0 Å². The van der Waals surface area contributed by atoms with Crippen molar-refractivity contribution < 1.29 is 14.6 Å². The summed E-state index contributed by atoms with van der Waals surface area (Å²) >= 11 is 0. The number of carbonyl (C=O) groups is 1. The SMILES string of the molecule is O=C(Nc1cc(C#CCO)ccn1)C1CCOCC1. The van der Waals surface area contributed by atoms with E-state index in [9.17, 15) is 4.79 Å². The van der Waals surface area contributed by atoms with Gasteiger partial charge in [-0.2, -0.15) is 0 Å². The molecule has 1 saturated heterocycles. The maximum atomic E-state index is 12.0. The predicted molar refractivity (Wildman–Crippen MR) is 70.4 cm³/mol. The number of anilines is 1. The highest BCUT2D eigenvalue weighted by molar-refractivity contribution is 5.91. The number of ether oxygens (including phenoxy) is 1. The van der Waals surface area contributed by atoms with Gasteiger partial charge in [-0.15, -0.1) is 0 Å². The first-order valence-electron chi connectivity index (χ1n) is 6.24. The first-order chi connectivity index (χ1) is 9.29. The Hall–Kier alpha value is -1.90. The van der Waals surface area contributed by atoms with E-state index in [1.54, 1.807) is 18.3 Å². The summed E-state index contributed by atoms with van der Waals surface area (Å²) < 4.78 is 5.23. The van der Waals surface area contributed by atoms with Gasteiger partial charge in [0.1, 0.15) is 12.4 Å². The number of hydrogen-bond donors (Lipinski definition) is 2. The minimum atomic E-state index is -0.188. The Labute approximate surface area is 112 Å². The standard InChI is InChI=1S/C14H16N2O3/c17-7-1-2-11-3-6-15-13(10-11)16-14(18)12-4-8-19-9-5-12/h3,6,10,12,17H,4-5,7-9H2,(H,15,16,18). The van der Waals surface area contributed by atoms with Crippen LogP contribution in [0.25, 0.3) is 0 Å². The lowest BCUT2D eigenvalue weighted by Gasteiger charge is -2.20. The van der Waals surface area contributed by atoms with Crippen LogP contribution in [0.2, 0.25) is 0 Å². The molecule has 1 aliphatic rings. The average Bonchev–Trinajstić information content (AvgIpc) is 2.46. The van der Waals surface area contributed by atoms with Gasteiger partial charge in [-0.25, -0.2) is 4.98 Å². The molecule has 2 N–H and O–H groups in total. The quantitative estimate of drug-likeness (QED) is 0.771. The number of rotatable bonds is 2. The summed E-state index contributed by atoms with van der Waals surface area (Å²) in [6.45, 7) is 1.08. The Morgan fingerprint density at radius 2 is 2.32 bits per heavy atom. The Morgan fingerprint density at radius 3 is 3.05 bits per heavy atom. The first-order valence-corrected chi connectivity index (χ1v) is 6.24. The van der Waals surface area contributed by atoms with E-state index in [2.05, 4.69) is 22.1 Å². The van der Waals surface area contributed by atoms with Crippen LogP contribution in [0.1, 0.15) is 18.4 Å². The highest BCUT2D eigenvalue weighted by Crippen LogP contribution is 2.17. The molecular formula is C14H16N2O3. The molecule has 0 saturated carbocycles. The van der Waals surface area contributed by atoms with Gasteiger partial charge in [0.25, 0.3) is 0 Å². The predicted octanol–water partition coefficient (Wildman–Crippen LogP) is 0.791. The number of aliphatic hydroxyl groups excluding tert-OH is 1. The summed E-state index contributed by atoms with van der Waals surface area (Å²) in [7, 11) is 0. The molecule has 19 heavy (non-hydrogen) atoms. The summed E-state index contributed by atoms with van der Waals surface area (Å²) in [5.41, 5.74) is 0.714. The number of aliphatic hydroxyl groups is 1. The summed E-state index contributed by atoms with van der Waals surface area (Å²) in [5.74, 6) is 5.78. The number of nitrogens with one attached hydrogen (secondary N) is 1. The second-order valence-electron chi connectivity index (χ2n) is 4.27. The Balaban J connectivity index is 1.99. The second kappa shape index (κ2) is 6.88. The van der Waals surface area contributed by atoms with E-state index in [0.29, 0.717) is 24.6 Å². The van der Waals surface area contributed by atoms with Crippen molar-refractivity contribution in [1.82, 2.24) is 4.98 Å². The lowest BCUT2D eigenvalue weighted by molar-refractivity contribution is -0.122. The first kappa shape index (κ1) is 13.5. The minimum absolute atomic E-state index is 0.0114. The largest absolute Gasteiger partial charge is 0.384 e. The topological polar surface area (TPSA) is 71.5 Å². The van der Waals surface area contributed by atoms with E-state index >= 15 is 0 Å². The monoisotopic (exact) mass is 260 g/mol. The molecule has 0 unspecified atom stereocenters. The van der Waals surface area contributed by atoms with Crippen LogP contribution in [0.4, 0.5) is 5.82 Å². The van der Waals surface area contributed by atoms with Gasteiger partial charge in [-0.3, -0.25) is 4.79 Å². The van der Waals surface area contributed by atoms with Crippen molar-refractivity contribution in [2.45, 2.75) is 12.8 Å². The molecule has 2 heterocycles. The van der Waals surface area contributed by atoms with E-state index in [1.165, 1.54) is 0 Å². The number of pyridine rings is 1. The zero-order valence-corrected chi connectivity index (χ0v) is 10.6. The van der Waals surface area contributed by atoms with E-state index < -0.39 is 0 Å². The number of hydrogen-bond acceptors (Lipinski definition) is 4. The molecule has 0 aliphatic carbocycles. The Morgan fingerprint density at radius 1 is 1.53 bits per heavy atom. The third kappa shape index (κ3) is 4.05. The van der Waals surface area contributed by atoms with E-state index in [-0.39, 0.29) is 18.4 Å². The van der Waals surface area contributed by atoms with Crippen LogP contribution in [0.3, 0.4) is 0 Å². The molecule has 5 nitrogen and oxygen atoms in total. The smallest absolute Gasteiger partial charge is 0.228 e. The molecule has 0 aromatic carbocycles. The fourth-order valence-electron chi connectivity index (χ4n) is 1.91. The van der Waals surface area contributed by atoms with E-state index in [1.807, 2.05) is 0 Å². The van der Waals surface area contributed by atoms with Crippen molar-refractivity contribution in [3.63, 3.8) is 0 Å². The highest BCUT2D eigenvalue weighted by atomic mass is 16.5. The maximum Gasteiger partial charge on any atom is 0.228 e. The molecule has 1 aromatic heterocycles. The van der Waals surface area contributed by atoms with Gasteiger partial charge in [0, 0.05) is 30.9 Å². The van der Waals surface area contributed by atoms with Crippen LogP contribution in [-0.2, 0) is 9.53 Å². The van der Waals surface area contributed by atoms with Gasteiger partial charge in [0.15, 0.2) is 0 Å². The molecule has 0 bridgehead atoms. The van der Waals surface area contributed by atoms with Crippen molar-refractivity contribution in [3.8, 4) is 11.8 Å². The Kier molecular flexibility index (Phi) is 4.90. The summed E-state index contributed by atoms with van der Waals surface area (Å²) in [5, 5.41) is 11.4. The third-order valence-corrected chi connectivity index (χ3v) is 2.92. The van der Waals surface area contributed by atoms with Gasteiger partial charge in [0.05, 0.1) is 0 Å². The zero-order chi connectivity index (χ0) is 13.5. The highest BCUT2D eigenvalue weighted by Gasteiger charge is 2.21. The molecule has 2 rings (SSSR count). The molecule has 0 atom stereocenters. The van der Waals surface area contributed by atoms with Crippen LogP contribution < -0.4 is 5.32 Å². The normalized spacial score (nSPS) is 15.4. The van der Waals surface area contributed by atoms with Gasteiger partial charge >= 0.3 is 0 Å². The number of aromatic nitrogens is 1. The maximum absolute atomic E-state index is 12.0. The lowest BCUT2D eigenvalue weighted by atomic mass is 9.99. The zero-order valence-electron chi connectivity index (χ0n) is 10.6. The van der Waals surface area contributed by atoms with Crippen molar-refractivity contribution >= 4 is 11.7 Å². The van der Waals surface area contributed by atoms with Crippen LogP contribution in [0, 0.1) is 17.8 Å². The Bertz CT molecular complexity index is 499. The fourth-order valence-corrected chi connectivity index (χ4v) is 1.91. The van der Waals surface area contributed by atoms with Gasteiger partial charge in [0.2, 0.25) is 5.91 Å². The fraction of sp³-hybridized carbons (Fsp3) is 0.429. The van der Waals surface area contributed by atoms with E-state index in [0.717, 1.165) is 12.8 Å². The summed E-state index contributed by atoms with van der Waals surface area (Å²) in [4.78, 5) is 16.1. The average molecular weight is 260 g/mol. The lowest BCUT2D eigenvalue weighted by Crippen LogP contribution is -2.28. The van der Waals surface area contributed by atoms with Crippen LogP contribution >= 0.6 is 0 Å². The van der Waals surface area contributed by atoms with Crippen molar-refractivity contribution in [2.75, 3.05) is 25.1 Å². The van der Waals surface area contributed by atoms with Crippen molar-refractivity contribution in [3.05, 3.63) is 23.9 Å². The molecule has 1 fully saturated rings. The molecule has 0 spiro atoms. The molecule has 5 heteroatoms. The number of nitrogens with zero attached hydrogens (tertiary/aromatic N) is 1. The summed E-state index contributed by atoms with van der Waals surface area (Å²) in [6.07, 6.45) is 3.08. The minimum Gasteiger partial charge on any atom is -0.384 e. The van der Waals surface area contributed by atoms with Crippen LogP contribution in [0.5, 0.6) is 0 Å². The van der Waals surface area contributed by atoms with Crippen molar-refractivity contribution in [1.29, 1.82) is 0 Å². The molecular weight excluding hydrogens is 244 g/mol. The molecule has 1 amide bonds. The molecule has 100 valence electrons.